The van der Waals surface area contributed by atoms with E-state index in [-0.39, 0.29) is 84.3 Å². The molecule has 0 spiro atoms. The zero-order valence-corrected chi connectivity index (χ0v) is 40.1. The SMILES string of the molecule is CC[C@H]1CCC[C@H](O[C@H]2CC[C@H](N(C)C)C(C)O2)[C@@H](C)C(=O)C2=C[C@H]3[C@@H]4C[C@H](O[C@@H]5OC(C)[C@H](OC)C(OC)[C@@H]5OC)C[C@H]4C4C=C(c5ccc(OC)cc5)C(=O)OC4[C@H]3[C@@H]2CC(=O)O1. The fourth-order valence-corrected chi connectivity index (χ4v) is 12.8. The van der Waals surface area contributed by atoms with Crippen LogP contribution >= 0.6 is 0 Å². The number of benzene rings is 1. The lowest BCUT2D eigenvalue weighted by Gasteiger charge is -2.49. The van der Waals surface area contributed by atoms with Crippen molar-refractivity contribution >= 4 is 23.3 Å². The number of nitrogens with zero attached hydrogens (tertiary/aromatic N) is 1. The summed E-state index contributed by atoms with van der Waals surface area (Å²) < 4.78 is 62.6. The number of rotatable bonds is 11. The molecule has 0 bridgehead atoms. The minimum atomic E-state index is -0.722. The highest BCUT2D eigenvalue weighted by Gasteiger charge is 2.62. The van der Waals surface area contributed by atoms with Crippen molar-refractivity contribution in [3.63, 3.8) is 0 Å². The highest BCUT2D eigenvalue weighted by molar-refractivity contribution is 6.17. The van der Waals surface area contributed by atoms with Crippen LogP contribution in [0.5, 0.6) is 5.75 Å². The molecule has 14 heteroatoms. The molecule has 1 aromatic rings. The van der Waals surface area contributed by atoms with Crippen LogP contribution in [0, 0.1) is 41.4 Å². The summed E-state index contributed by atoms with van der Waals surface area (Å²) >= 11 is 0. The van der Waals surface area contributed by atoms with Gasteiger partial charge < -0.3 is 52.3 Å². The Labute approximate surface area is 385 Å². The van der Waals surface area contributed by atoms with Gasteiger partial charge in [-0.3, -0.25) is 9.59 Å². The summed E-state index contributed by atoms with van der Waals surface area (Å²) in [6, 6.07) is 7.72. The molecule has 5 fully saturated rings. The Kier molecular flexibility index (Phi) is 15.3. The molecule has 4 heterocycles. The molecular formula is C51H73NO13. The molecule has 3 aliphatic carbocycles. The standard InChI is InChI=1S/C51H73NO13/c1-11-30-13-12-14-41(64-43-20-19-40(52(5)6)27(3)60-43)26(2)45(54)38-24-36-34-21-32(63-51-49(59-10)48(58-9)46(57-8)28(4)61-51)22-35(34)39-23-33(29-15-17-31(56-7)18-16-29)50(55)65-47(39)44(36)37(38)25-42(53)62-30/h15-18,23-24,26-28,30,32,34-37,39-41,43-44,46-49,51H,11-14,19-22,25H2,1-10H3/t26-,27?,28?,30+,32+,34-,35-,36+,37-,39?,40+,41+,43+,44-,46+,47?,48?,49+,51+/m1/s1. The number of carbonyl (C=O) groups excluding carboxylic acids is 3. The van der Waals surface area contributed by atoms with Crippen molar-refractivity contribution in [3.05, 3.63) is 47.6 Å². The van der Waals surface area contributed by atoms with Gasteiger partial charge in [-0.2, -0.15) is 0 Å². The Balaban J connectivity index is 1.14. The van der Waals surface area contributed by atoms with Crippen molar-refractivity contribution in [2.24, 2.45) is 41.4 Å². The van der Waals surface area contributed by atoms with Gasteiger partial charge in [0.25, 0.3) is 0 Å². The molecule has 14 nitrogen and oxygen atoms in total. The molecule has 2 saturated carbocycles. The molecule has 4 aliphatic heterocycles. The van der Waals surface area contributed by atoms with E-state index >= 15 is 4.79 Å². The number of carbonyl (C=O) groups is 3. The number of esters is 2. The number of ketones is 1. The van der Waals surface area contributed by atoms with Crippen LogP contribution in [0.2, 0.25) is 0 Å². The lowest BCUT2D eigenvalue weighted by atomic mass is 9.59. The summed E-state index contributed by atoms with van der Waals surface area (Å²) in [5.74, 6) is -1.82. The van der Waals surface area contributed by atoms with Crippen molar-refractivity contribution in [3.8, 4) is 5.75 Å². The van der Waals surface area contributed by atoms with Gasteiger partial charge in [0, 0.05) is 51.0 Å². The number of fused-ring (bicyclic) bond motifs is 8. The van der Waals surface area contributed by atoms with Crippen molar-refractivity contribution in [1.82, 2.24) is 4.90 Å². The molecule has 7 aliphatic rings. The van der Waals surface area contributed by atoms with E-state index in [1.807, 2.05) is 45.0 Å². The molecule has 8 rings (SSSR count). The van der Waals surface area contributed by atoms with Crippen LogP contribution in [0.1, 0.15) is 91.0 Å². The predicted octanol–water partition coefficient (Wildman–Crippen LogP) is 6.57. The molecule has 1 aromatic carbocycles. The molecule has 0 amide bonds. The van der Waals surface area contributed by atoms with Crippen LogP contribution in [0.25, 0.3) is 5.57 Å². The number of methoxy groups -OCH3 is 4. The minimum Gasteiger partial charge on any atom is -0.497 e. The first kappa shape index (κ1) is 48.3. The number of ether oxygens (including phenoxy) is 10. The Hall–Kier alpha value is -3.21. The van der Waals surface area contributed by atoms with E-state index in [9.17, 15) is 9.59 Å². The summed E-state index contributed by atoms with van der Waals surface area (Å²) in [4.78, 5) is 45.8. The number of hydrogen-bond donors (Lipinski definition) is 0. The van der Waals surface area contributed by atoms with Gasteiger partial charge in [0.05, 0.1) is 43.5 Å². The van der Waals surface area contributed by atoms with Crippen LogP contribution < -0.4 is 4.74 Å². The molecule has 360 valence electrons. The molecule has 65 heavy (non-hydrogen) atoms. The van der Waals surface area contributed by atoms with Gasteiger partial charge in [-0.05, 0) is 120 Å². The Bertz CT molecular complexity index is 1900. The van der Waals surface area contributed by atoms with Gasteiger partial charge in [-0.25, -0.2) is 4.79 Å². The van der Waals surface area contributed by atoms with Crippen molar-refractivity contribution < 1.29 is 61.8 Å². The van der Waals surface area contributed by atoms with E-state index in [2.05, 4.69) is 38.1 Å². The smallest absolute Gasteiger partial charge is 0.338 e. The number of hydrogen-bond acceptors (Lipinski definition) is 14. The Morgan fingerprint density at radius 1 is 0.754 bits per heavy atom. The Morgan fingerprint density at radius 2 is 1.46 bits per heavy atom. The fraction of sp³-hybridized carbons (Fsp3) is 0.745. The summed E-state index contributed by atoms with van der Waals surface area (Å²) in [5.41, 5.74) is 1.84. The van der Waals surface area contributed by atoms with E-state index in [4.69, 9.17) is 47.4 Å². The van der Waals surface area contributed by atoms with E-state index in [0.717, 1.165) is 24.8 Å². The van der Waals surface area contributed by atoms with Gasteiger partial charge >= 0.3 is 11.9 Å². The van der Waals surface area contributed by atoms with Gasteiger partial charge in [0.15, 0.2) is 18.4 Å². The monoisotopic (exact) mass is 908 g/mol. The van der Waals surface area contributed by atoms with E-state index in [1.54, 1.807) is 28.4 Å². The lowest BCUT2D eigenvalue weighted by Crippen LogP contribution is -2.59. The number of allylic oxidation sites excluding steroid dienone is 2. The molecular weight excluding hydrogens is 835 g/mol. The normalized spacial score (nSPS) is 42.3. The summed E-state index contributed by atoms with van der Waals surface area (Å²) in [7, 11) is 10.7. The second-order valence-corrected chi connectivity index (χ2v) is 19.9. The van der Waals surface area contributed by atoms with Crippen LogP contribution in [-0.2, 0) is 57.0 Å². The molecule has 3 saturated heterocycles. The van der Waals surface area contributed by atoms with Crippen molar-refractivity contribution in [2.45, 2.75) is 159 Å². The van der Waals surface area contributed by atoms with Crippen molar-refractivity contribution in [2.75, 3.05) is 42.5 Å². The predicted molar refractivity (Wildman–Crippen MR) is 239 cm³/mol. The second-order valence-electron chi connectivity index (χ2n) is 19.9. The zero-order chi connectivity index (χ0) is 46.3. The van der Waals surface area contributed by atoms with Crippen LogP contribution in [-0.4, -0.2) is 139 Å². The largest absolute Gasteiger partial charge is 0.497 e. The third kappa shape index (κ3) is 9.62. The summed E-state index contributed by atoms with van der Waals surface area (Å²) in [6.45, 7) is 8.04. The average molecular weight is 908 g/mol. The van der Waals surface area contributed by atoms with Crippen LogP contribution in [0.4, 0.5) is 0 Å². The fourth-order valence-electron chi connectivity index (χ4n) is 12.8. The molecule has 0 aromatic heterocycles. The van der Waals surface area contributed by atoms with E-state index < -0.39 is 54.8 Å². The maximum Gasteiger partial charge on any atom is 0.338 e. The lowest BCUT2D eigenvalue weighted by molar-refractivity contribution is -0.314. The van der Waals surface area contributed by atoms with Crippen molar-refractivity contribution in [1.29, 1.82) is 0 Å². The average Bonchev–Trinajstić information content (AvgIpc) is 3.89. The maximum absolute atomic E-state index is 15.3. The van der Waals surface area contributed by atoms with Gasteiger partial charge in [0.2, 0.25) is 0 Å². The quantitative estimate of drug-likeness (QED) is 0.221. The second kappa shape index (κ2) is 20.6. The topological polar surface area (TPSA) is 147 Å². The number of Topliss-reactive ketones (excluding diaryl/α,β-unsaturated/α-hetero) is 1. The molecule has 0 N–H and O–H groups in total. The summed E-state index contributed by atoms with van der Waals surface area (Å²) in [6.07, 6.45) is 5.64. The highest BCUT2D eigenvalue weighted by atomic mass is 16.7. The van der Waals surface area contributed by atoms with Gasteiger partial charge in [-0.1, -0.05) is 38.1 Å². The third-order valence-corrected chi connectivity index (χ3v) is 16.1. The number of cyclic esters (lactones) is 1. The molecule has 19 atom stereocenters. The first-order chi connectivity index (χ1) is 31.3. The molecule has 0 radical (unpaired) electrons. The number of likely N-dealkylation sites (N-methyl/N-ethyl adjacent to an activating group) is 1. The minimum absolute atomic E-state index is 0.0121. The van der Waals surface area contributed by atoms with Crippen LogP contribution in [0.15, 0.2) is 42.0 Å². The van der Waals surface area contributed by atoms with Crippen LogP contribution in [0.3, 0.4) is 0 Å². The first-order valence-corrected chi connectivity index (χ1v) is 24.2. The van der Waals surface area contributed by atoms with E-state index in [1.165, 1.54) is 0 Å². The first-order valence-electron chi connectivity index (χ1n) is 24.2. The molecule has 5 unspecified atom stereocenters. The third-order valence-electron chi connectivity index (χ3n) is 16.1. The maximum atomic E-state index is 15.3. The van der Waals surface area contributed by atoms with Gasteiger partial charge in [0.1, 0.15) is 36.3 Å². The van der Waals surface area contributed by atoms with E-state index in [0.29, 0.717) is 49.0 Å². The summed E-state index contributed by atoms with van der Waals surface area (Å²) in [5, 5.41) is 0. The highest BCUT2D eigenvalue weighted by Crippen LogP contribution is 2.61. The zero-order valence-electron chi connectivity index (χ0n) is 40.1. The Morgan fingerprint density at radius 3 is 2.11 bits per heavy atom. The van der Waals surface area contributed by atoms with Gasteiger partial charge in [-0.15, -0.1) is 0 Å².